The molecule has 0 saturated heterocycles. The summed E-state index contributed by atoms with van der Waals surface area (Å²) in [6.07, 6.45) is 11.0. The Morgan fingerprint density at radius 2 is 1.48 bits per heavy atom. The monoisotopic (exact) mass is 304 g/mol. The molecule has 0 radical (unpaired) electrons. The van der Waals surface area contributed by atoms with Gasteiger partial charge < -0.3 is 0 Å². The van der Waals surface area contributed by atoms with Crippen molar-refractivity contribution in [2.24, 2.45) is 5.92 Å². The summed E-state index contributed by atoms with van der Waals surface area (Å²) in [5, 5.41) is 0. The van der Waals surface area contributed by atoms with Crippen LogP contribution in [0.2, 0.25) is 0 Å². The van der Waals surface area contributed by atoms with Crippen molar-refractivity contribution >= 4 is 12.2 Å². The van der Waals surface area contributed by atoms with Crippen LogP contribution in [0.3, 0.4) is 0 Å². The quantitative estimate of drug-likeness (QED) is 0.524. The van der Waals surface area contributed by atoms with Gasteiger partial charge in [-0.3, -0.25) is 0 Å². The van der Waals surface area contributed by atoms with Gasteiger partial charge in [-0.2, -0.15) is 0 Å². The Bertz CT molecular complexity index is 592. The van der Waals surface area contributed by atoms with Crippen LogP contribution < -0.4 is 0 Å². The molecule has 1 atom stereocenters. The van der Waals surface area contributed by atoms with E-state index in [0.717, 1.165) is 5.92 Å². The predicted molar refractivity (Wildman–Crippen MR) is 103 cm³/mol. The van der Waals surface area contributed by atoms with Crippen molar-refractivity contribution in [2.75, 3.05) is 0 Å². The number of benzene rings is 2. The Balaban J connectivity index is 0.000000203. The number of hydrogen-bond acceptors (Lipinski definition) is 0. The maximum Gasteiger partial charge on any atom is -0.0257 e. The summed E-state index contributed by atoms with van der Waals surface area (Å²) in [5.74, 6) is 0.877. The first kappa shape index (κ1) is 17.3. The van der Waals surface area contributed by atoms with Crippen molar-refractivity contribution in [1.82, 2.24) is 0 Å². The van der Waals surface area contributed by atoms with E-state index < -0.39 is 0 Å². The molecule has 1 fully saturated rings. The fraction of sp³-hybridized carbons (Fsp3) is 0.304. The van der Waals surface area contributed by atoms with Gasteiger partial charge in [0.05, 0.1) is 0 Å². The summed E-state index contributed by atoms with van der Waals surface area (Å²) < 4.78 is 0. The highest BCUT2D eigenvalue weighted by Crippen LogP contribution is 2.28. The molecule has 0 nitrogen and oxygen atoms in total. The minimum absolute atomic E-state index is 0.877. The Hall–Kier alpha value is -2.08. The summed E-state index contributed by atoms with van der Waals surface area (Å²) >= 11 is 0. The van der Waals surface area contributed by atoms with Crippen molar-refractivity contribution in [3.05, 3.63) is 83.9 Å². The molecule has 0 N–H and O–H groups in total. The van der Waals surface area contributed by atoms with Crippen LogP contribution in [0, 0.1) is 5.92 Å². The normalized spacial score (nSPS) is 19.3. The highest BCUT2D eigenvalue weighted by molar-refractivity contribution is 5.52. The molecule has 0 spiro atoms. The lowest BCUT2D eigenvalue weighted by atomic mass is 9.98. The summed E-state index contributed by atoms with van der Waals surface area (Å²) in [6, 6.07) is 20.7. The molecule has 1 saturated carbocycles. The largest absolute Gasteiger partial charge is 0.0985 e. The fourth-order valence-electron chi connectivity index (χ4n) is 3.00. The van der Waals surface area contributed by atoms with Crippen LogP contribution in [0.25, 0.3) is 12.2 Å². The van der Waals surface area contributed by atoms with Gasteiger partial charge in [0.25, 0.3) is 0 Å². The second kappa shape index (κ2) is 9.84. The molecular weight excluding hydrogens is 276 g/mol. The van der Waals surface area contributed by atoms with Crippen molar-refractivity contribution in [3.63, 3.8) is 0 Å². The summed E-state index contributed by atoms with van der Waals surface area (Å²) in [4.78, 5) is 0. The summed E-state index contributed by atoms with van der Waals surface area (Å²) in [6.45, 7) is 6.01. The molecule has 2 aromatic carbocycles. The van der Waals surface area contributed by atoms with E-state index in [4.69, 9.17) is 0 Å². The van der Waals surface area contributed by atoms with Crippen LogP contribution in [0.5, 0.6) is 0 Å². The standard InChI is InChI=1S/C15H20.C8H8/c1-13-7-5-6-10-15(11-13)12-14-8-3-2-4-9-14;1-2-8-6-4-3-5-7-8/h2-4,8-9,12-13H,5-7,10-11H2,1H3;2-7H,1H2. The second-order valence-corrected chi connectivity index (χ2v) is 6.38. The van der Waals surface area contributed by atoms with Crippen LogP contribution in [0.1, 0.15) is 50.2 Å². The van der Waals surface area contributed by atoms with E-state index in [-0.39, 0.29) is 0 Å². The van der Waals surface area contributed by atoms with E-state index >= 15 is 0 Å². The molecule has 0 amide bonds. The fourth-order valence-corrected chi connectivity index (χ4v) is 3.00. The van der Waals surface area contributed by atoms with E-state index in [0.29, 0.717) is 0 Å². The lowest BCUT2D eigenvalue weighted by Gasteiger charge is -2.08. The minimum atomic E-state index is 0.877. The molecule has 2 aromatic rings. The molecule has 1 aliphatic carbocycles. The van der Waals surface area contributed by atoms with Gasteiger partial charge in [0.15, 0.2) is 0 Å². The maximum atomic E-state index is 3.63. The van der Waals surface area contributed by atoms with Crippen molar-refractivity contribution in [2.45, 2.75) is 39.0 Å². The Labute approximate surface area is 141 Å². The lowest BCUT2D eigenvalue weighted by Crippen LogP contribution is -1.92. The van der Waals surface area contributed by atoms with Crippen LogP contribution in [-0.4, -0.2) is 0 Å². The minimum Gasteiger partial charge on any atom is -0.0985 e. The van der Waals surface area contributed by atoms with Crippen LogP contribution in [0.4, 0.5) is 0 Å². The smallest absolute Gasteiger partial charge is 0.0257 e. The third kappa shape index (κ3) is 6.69. The van der Waals surface area contributed by atoms with Crippen LogP contribution in [0.15, 0.2) is 72.8 Å². The van der Waals surface area contributed by atoms with Gasteiger partial charge >= 0.3 is 0 Å². The molecule has 1 aliphatic rings. The number of hydrogen-bond donors (Lipinski definition) is 0. The first-order chi connectivity index (χ1) is 11.3. The first-order valence-electron chi connectivity index (χ1n) is 8.70. The first-order valence-corrected chi connectivity index (χ1v) is 8.70. The highest BCUT2D eigenvalue weighted by Gasteiger charge is 2.10. The van der Waals surface area contributed by atoms with Gasteiger partial charge in [-0.15, -0.1) is 0 Å². The van der Waals surface area contributed by atoms with Crippen LogP contribution in [-0.2, 0) is 0 Å². The molecule has 0 aromatic heterocycles. The molecule has 0 heteroatoms. The van der Waals surface area contributed by atoms with Gasteiger partial charge in [0, 0.05) is 0 Å². The van der Waals surface area contributed by atoms with Gasteiger partial charge in [0.1, 0.15) is 0 Å². The summed E-state index contributed by atoms with van der Waals surface area (Å²) in [7, 11) is 0. The average Bonchev–Trinajstić information content (AvgIpc) is 2.81. The number of rotatable bonds is 2. The molecular formula is C23H28. The zero-order valence-electron chi connectivity index (χ0n) is 14.2. The topological polar surface area (TPSA) is 0 Å². The van der Waals surface area contributed by atoms with Gasteiger partial charge in [-0.25, -0.2) is 0 Å². The molecule has 1 unspecified atom stereocenters. The SMILES string of the molecule is C=Cc1ccccc1.CC1CCCCC(=Cc2ccccc2)C1. The Morgan fingerprint density at radius 1 is 0.870 bits per heavy atom. The Morgan fingerprint density at radius 3 is 2.04 bits per heavy atom. The van der Waals surface area contributed by atoms with Gasteiger partial charge in [0.2, 0.25) is 0 Å². The van der Waals surface area contributed by atoms with Gasteiger partial charge in [-0.05, 0) is 36.3 Å². The zero-order valence-corrected chi connectivity index (χ0v) is 14.2. The van der Waals surface area contributed by atoms with Crippen molar-refractivity contribution in [3.8, 4) is 0 Å². The summed E-state index contributed by atoms with van der Waals surface area (Å²) in [5.41, 5.74) is 4.18. The lowest BCUT2D eigenvalue weighted by molar-refractivity contribution is 0.531. The van der Waals surface area contributed by atoms with E-state index in [1.54, 1.807) is 5.57 Å². The third-order valence-electron chi connectivity index (χ3n) is 4.26. The molecule has 120 valence electrons. The van der Waals surface area contributed by atoms with Crippen molar-refractivity contribution in [1.29, 1.82) is 0 Å². The third-order valence-corrected chi connectivity index (χ3v) is 4.26. The van der Waals surface area contributed by atoms with Gasteiger partial charge in [-0.1, -0.05) is 105 Å². The van der Waals surface area contributed by atoms with Crippen LogP contribution >= 0.6 is 0 Å². The maximum absolute atomic E-state index is 3.63. The molecule has 0 aliphatic heterocycles. The Kier molecular flexibility index (Phi) is 7.39. The zero-order chi connectivity index (χ0) is 16.3. The molecule has 3 rings (SSSR count). The second-order valence-electron chi connectivity index (χ2n) is 6.38. The molecule has 23 heavy (non-hydrogen) atoms. The van der Waals surface area contributed by atoms with E-state index in [2.05, 4.69) is 49.9 Å². The predicted octanol–water partition coefficient (Wildman–Crippen LogP) is 7.00. The van der Waals surface area contributed by atoms with E-state index in [1.165, 1.54) is 43.2 Å². The van der Waals surface area contributed by atoms with E-state index in [1.807, 2.05) is 36.4 Å². The highest BCUT2D eigenvalue weighted by atomic mass is 14.2. The average molecular weight is 304 g/mol. The van der Waals surface area contributed by atoms with Crippen molar-refractivity contribution < 1.29 is 0 Å². The molecule has 0 bridgehead atoms. The number of allylic oxidation sites excluding steroid dienone is 1. The molecule has 0 heterocycles. The van der Waals surface area contributed by atoms with E-state index in [9.17, 15) is 0 Å².